The van der Waals surface area contributed by atoms with Crippen LogP contribution in [0.3, 0.4) is 0 Å². The number of nitrogens with two attached hydrogens (primary N) is 2. The molecule has 6 aliphatic carbocycles. The predicted molar refractivity (Wildman–Crippen MR) is 310 cm³/mol. The number of benzene rings is 4. The standard InChI is InChI=1S/C64H70N6O15/c1-68(2)51-40-26-33-24-39-36(15-17-43(72)48(39)53(73)45(33)57(77)63(40,82)58(78)49(55(51)75)61(65)80)37-23-31(11-18-44(37)84-5)28-67-19-8-22-85-60-46-34(27-41-52(69(3)4)56(76)50(62(66)81)59(79)64(41,60)83)25-38-35(14-16-42(71)47(38)54(46)74)32-12-9-30(10-13-32)29-70-20-6-7-21-70/h9-18,23,33-34,40-41,51-52,67,71-73,78-79,82-83H,6-8,19-22,24-29H2,1-5H3,(H2,65,80)(H2,66,81)/t33-,34-,40-,41-,51-,52?,63-,64+/m0/s1. The second-order valence-corrected chi connectivity index (χ2v) is 24.0. The molecule has 446 valence electrons. The minimum absolute atomic E-state index is 0.00532. The van der Waals surface area contributed by atoms with Gasteiger partial charge in [0.1, 0.15) is 51.4 Å². The summed E-state index contributed by atoms with van der Waals surface area (Å²) in [7, 11) is 7.76. The largest absolute Gasteiger partial charge is 0.508 e. The number of hydrogen-bond donors (Lipinski definition) is 10. The number of ether oxygens (including phenoxy) is 2. The fourth-order valence-corrected chi connectivity index (χ4v) is 14.8. The molecule has 11 rings (SSSR count). The molecule has 1 aliphatic heterocycles. The van der Waals surface area contributed by atoms with Gasteiger partial charge in [0.05, 0.1) is 36.9 Å². The van der Waals surface area contributed by atoms with Gasteiger partial charge in [-0.3, -0.25) is 43.5 Å². The van der Waals surface area contributed by atoms with Crippen molar-refractivity contribution in [3.05, 3.63) is 140 Å². The van der Waals surface area contributed by atoms with Crippen molar-refractivity contribution in [1.29, 1.82) is 0 Å². The molecule has 1 saturated heterocycles. The molecule has 4 aromatic carbocycles. The van der Waals surface area contributed by atoms with Gasteiger partial charge in [0.15, 0.2) is 28.6 Å². The summed E-state index contributed by atoms with van der Waals surface area (Å²) in [5.74, 6) is -13.2. The molecule has 0 radical (unpaired) electrons. The number of ketones is 4. The molecule has 2 amide bonds. The summed E-state index contributed by atoms with van der Waals surface area (Å²) >= 11 is 0. The van der Waals surface area contributed by atoms with Crippen molar-refractivity contribution >= 4 is 40.7 Å². The summed E-state index contributed by atoms with van der Waals surface area (Å²) in [5.41, 5.74) is 9.41. The zero-order chi connectivity index (χ0) is 60.9. The zero-order valence-corrected chi connectivity index (χ0v) is 47.9. The van der Waals surface area contributed by atoms with Gasteiger partial charge < -0.3 is 62.0 Å². The quantitative estimate of drug-likeness (QED) is 0.0560. The number of rotatable bonds is 16. The smallest absolute Gasteiger partial charge is 0.255 e. The second kappa shape index (κ2) is 22.0. The van der Waals surface area contributed by atoms with Crippen molar-refractivity contribution in [3.8, 4) is 39.5 Å². The molecule has 1 heterocycles. The number of likely N-dealkylation sites (tertiary alicyclic amines) is 1. The summed E-state index contributed by atoms with van der Waals surface area (Å²) in [6.07, 6.45) is 2.76. The lowest BCUT2D eigenvalue weighted by Gasteiger charge is -2.51. The average Bonchev–Trinajstić information content (AvgIpc) is 1.54. The van der Waals surface area contributed by atoms with Gasteiger partial charge in [-0.05, 0) is 168 Å². The number of phenolic OH excluding ortho intramolecular Hbond substituents is 2. The molecular weight excluding hydrogens is 1090 g/mol. The number of carbonyl (C=O) groups is 6. The zero-order valence-electron chi connectivity index (χ0n) is 47.9. The number of allylic oxidation sites excluding steroid dienone is 1. The molecule has 2 fully saturated rings. The lowest BCUT2D eigenvalue weighted by molar-refractivity contribution is -0.153. The summed E-state index contributed by atoms with van der Waals surface area (Å²) in [6, 6.07) is 17.4. The molecule has 1 saturated carbocycles. The lowest BCUT2D eigenvalue weighted by Crippen LogP contribution is -2.65. The van der Waals surface area contributed by atoms with Crippen LogP contribution in [0, 0.1) is 23.7 Å². The van der Waals surface area contributed by atoms with E-state index in [0.29, 0.717) is 34.5 Å². The first-order valence-electron chi connectivity index (χ1n) is 28.6. The maximum absolute atomic E-state index is 15.1. The van der Waals surface area contributed by atoms with Crippen LogP contribution in [0.2, 0.25) is 0 Å². The highest BCUT2D eigenvalue weighted by molar-refractivity contribution is 6.25. The van der Waals surface area contributed by atoms with Gasteiger partial charge in [0.2, 0.25) is 5.78 Å². The van der Waals surface area contributed by atoms with Crippen LogP contribution in [0.4, 0.5) is 0 Å². The van der Waals surface area contributed by atoms with Crippen molar-refractivity contribution in [2.75, 3.05) is 61.5 Å². The third kappa shape index (κ3) is 9.30. The number of Topliss-reactive ketones (excluding diaryl/α,β-unsaturated/α-hetero) is 4. The van der Waals surface area contributed by atoms with E-state index in [9.17, 15) is 59.7 Å². The van der Waals surface area contributed by atoms with E-state index in [1.165, 1.54) is 51.1 Å². The molecule has 21 heteroatoms. The fraction of sp³-hybridized carbons (Fsp3) is 0.406. The van der Waals surface area contributed by atoms with E-state index in [4.69, 9.17) is 20.9 Å². The van der Waals surface area contributed by atoms with Crippen LogP contribution < -0.4 is 21.5 Å². The lowest BCUT2D eigenvalue weighted by atomic mass is 9.57. The molecule has 85 heavy (non-hydrogen) atoms. The van der Waals surface area contributed by atoms with E-state index in [2.05, 4.69) is 22.3 Å². The fourth-order valence-electron chi connectivity index (χ4n) is 14.8. The second-order valence-electron chi connectivity index (χ2n) is 24.0. The average molecular weight is 1160 g/mol. The van der Waals surface area contributed by atoms with Crippen LogP contribution in [-0.4, -0.2) is 170 Å². The van der Waals surface area contributed by atoms with Crippen LogP contribution >= 0.6 is 0 Å². The number of hydrogen-bond acceptors (Lipinski definition) is 19. The summed E-state index contributed by atoms with van der Waals surface area (Å²) < 4.78 is 12.3. The molecule has 21 nitrogen and oxygen atoms in total. The maximum atomic E-state index is 15.1. The number of primary amides is 2. The van der Waals surface area contributed by atoms with Gasteiger partial charge in [0, 0.05) is 41.6 Å². The van der Waals surface area contributed by atoms with Crippen LogP contribution in [0.15, 0.2) is 106 Å². The Balaban J connectivity index is 0.866. The first-order valence-corrected chi connectivity index (χ1v) is 28.6. The number of fused-ring (bicyclic) bond motifs is 6. The third-order valence-corrected chi connectivity index (χ3v) is 18.7. The SMILES string of the molecule is COc1ccc(CNCCCOC2=C3C(=O)c4c(O)ccc(-c5ccc(CN6CCCC6)cc5)c4C[C@H]3C[C@H]3C(N(C)C)C(=O)C(C(N)=O)=C(O)[C@@]23O)cc1-c1ccc(O)c2c1C[C@H]1C[C@H]3[C@H](N(C)C)C(=O)C(C(N)=O)=C(O)[C@@]3(O)C(=O)C1=C2O. The molecule has 4 aromatic rings. The Morgan fingerprint density at radius 1 is 0.682 bits per heavy atom. The van der Waals surface area contributed by atoms with Gasteiger partial charge in [0.25, 0.3) is 11.8 Å². The van der Waals surface area contributed by atoms with E-state index in [1.54, 1.807) is 37.2 Å². The van der Waals surface area contributed by atoms with Crippen molar-refractivity contribution in [3.63, 3.8) is 0 Å². The summed E-state index contributed by atoms with van der Waals surface area (Å²) in [6.45, 7) is 3.34. The highest BCUT2D eigenvalue weighted by Crippen LogP contribution is 2.57. The van der Waals surface area contributed by atoms with Gasteiger partial charge >= 0.3 is 0 Å². The van der Waals surface area contributed by atoms with E-state index in [-0.39, 0.29) is 84.8 Å². The number of nitrogens with zero attached hydrogens (tertiary/aromatic N) is 3. The van der Waals surface area contributed by atoms with Gasteiger partial charge in [-0.25, -0.2) is 0 Å². The maximum Gasteiger partial charge on any atom is 0.255 e. The predicted octanol–water partition coefficient (Wildman–Crippen LogP) is 3.97. The van der Waals surface area contributed by atoms with Crippen molar-refractivity contribution in [2.24, 2.45) is 35.1 Å². The van der Waals surface area contributed by atoms with Gasteiger partial charge in [-0.15, -0.1) is 0 Å². The Labute approximate surface area is 490 Å². The molecule has 0 bridgehead atoms. The first-order chi connectivity index (χ1) is 40.4. The van der Waals surface area contributed by atoms with E-state index < -0.39 is 110 Å². The Kier molecular flexibility index (Phi) is 15.2. The number of amides is 2. The van der Waals surface area contributed by atoms with E-state index in [1.807, 2.05) is 24.3 Å². The number of aliphatic hydroxyl groups excluding tert-OH is 3. The Bertz CT molecular complexity index is 3670. The number of phenols is 2. The number of methoxy groups -OCH3 is 1. The minimum Gasteiger partial charge on any atom is -0.508 e. The Morgan fingerprint density at radius 3 is 1.81 bits per heavy atom. The van der Waals surface area contributed by atoms with Crippen molar-refractivity contribution in [1.82, 2.24) is 20.0 Å². The van der Waals surface area contributed by atoms with E-state index in [0.717, 1.165) is 41.9 Å². The molecule has 12 N–H and O–H groups in total. The van der Waals surface area contributed by atoms with Crippen LogP contribution in [0.5, 0.6) is 17.2 Å². The highest BCUT2D eigenvalue weighted by atomic mass is 16.5. The first kappa shape index (κ1) is 58.6. The summed E-state index contributed by atoms with van der Waals surface area (Å²) in [4.78, 5) is 88.2. The van der Waals surface area contributed by atoms with Crippen LogP contribution in [0.25, 0.3) is 28.0 Å². The normalized spacial score (nSPS) is 26.6. The molecular formula is C64H70N6O15. The molecule has 0 aromatic heterocycles. The van der Waals surface area contributed by atoms with Crippen LogP contribution in [-0.2, 0) is 54.6 Å². The minimum atomic E-state index is -2.80. The number of aromatic hydroxyl groups is 2. The molecule has 1 unspecified atom stereocenters. The number of likely N-dealkylation sites (N-methyl/N-ethyl adjacent to an activating group) is 2. The van der Waals surface area contributed by atoms with Crippen LogP contribution in [0.1, 0.15) is 70.3 Å². The van der Waals surface area contributed by atoms with E-state index >= 15 is 4.79 Å². The molecule has 0 spiro atoms. The number of aliphatic hydroxyl groups is 5. The van der Waals surface area contributed by atoms with Gasteiger partial charge in [-0.2, -0.15) is 0 Å². The Morgan fingerprint density at radius 2 is 1.22 bits per heavy atom. The topological polar surface area (TPSA) is 336 Å². The van der Waals surface area contributed by atoms with Gasteiger partial charge in [-0.1, -0.05) is 42.5 Å². The van der Waals surface area contributed by atoms with Crippen molar-refractivity contribution in [2.45, 2.75) is 81.3 Å². The monoisotopic (exact) mass is 1160 g/mol. The third-order valence-electron chi connectivity index (χ3n) is 18.7. The number of nitrogens with one attached hydrogen (secondary N) is 1. The molecule has 8 atom stereocenters. The van der Waals surface area contributed by atoms with Crippen molar-refractivity contribution < 1.29 is 74.0 Å². The number of carbonyl (C=O) groups excluding carboxylic acids is 6. The Hall–Kier alpha value is -8.18. The summed E-state index contributed by atoms with van der Waals surface area (Å²) in [5, 5.41) is 86.5. The highest BCUT2D eigenvalue weighted by Gasteiger charge is 2.65. The molecule has 7 aliphatic rings.